The summed E-state index contributed by atoms with van der Waals surface area (Å²) in [6.07, 6.45) is 1.96. The molecular formula is C16H16N2O3. The molecule has 0 unspecified atom stereocenters. The second kappa shape index (κ2) is 5.58. The van der Waals surface area contributed by atoms with Crippen molar-refractivity contribution in [3.05, 3.63) is 35.5 Å². The Labute approximate surface area is 122 Å². The number of hydrogen-bond donors (Lipinski definition) is 1. The van der Waals surface area contributed by atoms with Crippen molar-refractivity contribution in [2.45, 2.75) is 25.3 Å². The van der Waals surface area contributed by atoms with Gasteiger partial charge in [0.25, 0.3) is 0 Å². The predicted molar refractivity (Wildman–Crippen MR) is 77.3 cm³/mol. The van der Waals surface area contributed by atoms with Gasteiger partial charge in [-0.3, -0.25) is 0 Å². The van der Waals surface area contributed by atoms with Gasteiger partial charge in [-0.1, -0.05) is 12.1 Å². The highest BCUT2D eigenvalue weighted by atomic mass is 16.5. The Bertz CT molecular complexity index is 721. The van der Waals surface area contributed by atoms with E-state index in [1.165, 1.54) is 5.56 Å². The second-order valence-electron chi connectivity index (χ2n) is 5.28. The van der Waals surface area contributed by atoms with Crippen molar-refractivity contribution in [2.24, 2.45) is 0 Å². The van der Waals surface area contributed by atoms with E-state index in [4.69, 9.17) is 10.00 Å². The minimum absolute atomic E-state index is 0.0440. The molecular weight excluding hydrogens is 268 g/mol. The summed E-state index contributed by atoms with van der Waals surface area (Å²) in [6, 6.07) is 9.69. The van der Waals surface area contributed by atoms with Gasteiger partial charge in [0.2, 0.25) is 0 Å². The van der Waals surface area contributed by atoms with Gasteiger partial charge in [0.15, 0.2) is 0 Å². The number of aromatic nitrogens is 1. The summed E-state index contributed by atoms with van der Waals surface area (Å²) in [4.78, 5) is 11.3. The molecule has 0 atom stereocenters. The monoisotopic (exact) mass is 284 g/mol. The van der Waals surface area contributed by atoms with Crippen LogP contribution in [0.4, 0.5) is 0 Å². The van der Waals surface area contributed by atoms with Gasteiger partial charge in [-0.25, -0.2) is 4.79 Å². The van der Waals surface area contributed by atoms with Crippen LogP contribution in [-0.4, -0.2) is 28.9 Å². The zero-order valence-electron chi connectivity index (χ0n) is 11.6. The van der Waals surface area contributed by atoms with Crippen LogP contribution >= 0.6 is 0 Å². The number of rotatable bonds is 3. The minimum Gasteiger partial charge on any atom is -0.477 e. The van der Waals surface area contributed by atoms with Crippen LogP contribution in [0, 0.1) is 11.3 Å². The number of nitriles is 1. The summed E-state index contributed by atoms with van der Waals surface area (Å²) in [6.45, 7) is 1.58. The number of carbonyl (C=O) groups is 1. The highest BCUT2D eigenvalue weighted by Gasteiger charge is 2.19. The normalized spacial score (nSPS) is 16.0. The van der Waals surface area contributed by atoms with Crippen LogP contribution < -0.4 is 0 Å². The maximum absolute atomic E-state index is 11.3. The van der Waals surface area contributed by atoms with Gasteiger partial charge in [-0.15, -0.1) is 0 Å². The third kappa shape index (κ3) is 2.50. The predicted octanol–water partition coefficient (Wildman–Crippen LogP) is 2.76. The van der Waals surface area contributed by atoms with Crippen molar-refractivity contribution in [2.75, 3.05) is 13.2 Å². The zero-order chi connectivity index (χ0) is 14.8. The van der Waals surface area contributed by atoms with Gasteiger partial charge >= 0.3 is 5.97 Å². The molecule has 2 heterocycles. The van der Waals surface area contributed by atoms with Gasteiger partial charge in [0, 0.05) is 24.1 Å². The summed E-state index contributed by atoms with van der Waals surface area (Å²) >= 11 is 0. The van der Waals surface area contributed by atoms with Crippen molar-refractivity contribution in [3.8, 4) is 6.07 Å². The molecule has 0 bridgehead atoms. The maximum Gasteiger partial charge on any atom is 0.352 e. The fourth-order valence-electron chi connectivity index (χ4n) is 2.97. The van der Waals surface area contributed by atoms with E-state index in [0.29, 0.717) is 5.92 Å². The maximum atomic E-state index is 11.3. The first-order valence-electron chi connectivity index (χ1n) is 7.02. The van der Waals surface area contributed by atoms with E-state index < -0.39 is 5.97 Å². The lowest BCUT2D eigenvalue weighted by atomic mass is 9.91. The van der Waals surface area contributed by atoms with Gasteiger partial charge < -0.3 is 14.4 Å². The lowest BCUT2D eigenvalue weighted by molar-refractivity contribution is 0.0686. The molecule has 21 heavy (non-hydrogen) atoms. The van der Waals surface area contributed by atoms with E-state index >= 15 is 0 Å². The van der Waals surface area contributed by atoms with Crippen LogP contribution in [0.2, 0.25) is 0 Å². The Hall–Kier alpha value is -2.32. The molecule has 0 amide bonds. The Morgan fingerprint density at radius 2 is 2.14 bits per heavy atom. The third-order valence-corrected chi connectivity index (χ3v) is 4.07. The topological polar surface area (TPSA) is 75.2 Å². The first-order chi connectivity index (χ1) is 10.2. The molecule has 5 nitrogen and oxygen atoms in total. The number of hydrogen-bond acceptors (Lipinski definition) is 3. The van der Waals surface area contributed by atoms with E-state index in [0.717, 1.165) is 37.0 Å². The lowest BCUT2D eigenvalue weighted by Gasteiger charge is -2.22. The Kier molecular flexibility index (Phi) is 3.63. The average molecular weight is 284 g/mol. The van der Waals surface area contributed by atoms with Crippen LogP contribution in [0.15, 0.2) is 24.3 Å². The lowest BCUT2D eigenvalue weighted by Crippen LogP contribution is -2.14. The first-order valence-corrected chi connectivity index (χ1v) is 7.02. The molecule has 5 heteroatoms. The summed E-state index contributed by atoms with van der Waals surface area (Å²) < 4.78 is 6.95. The van der Waals surface area contributed by atoms with E-state index in [2.05, 4.69) is 6.07 Å². The number of nitrogens with zero attached hydrogens (tertiary/aromatic N) is 2. The fraction of sp³-hybridized carbons (Fsp3) is 0.375. The number of carboxylic acid groups (broad SMARTS) is 1. The average Bonchev–Trinajstić information content (AvgIpc) is 2.87. The van der Waals surface area contributed by atoms with Crippen LogP contribution in [0.1, 0.15) is 34.8 Å². The standard InChI is InChI=1S/C16H16N2O3/c17-5-6-18-14-9-12(11-3-7-21-8-4-11)1-2-13(14)10-15(18)16(19)20/h1-2,9-11H,3-4,6-8H2,(H,19,20). The second-order valence-corrected chi connectivity index (χ2v) is 5.28. The number of aromatic carboxylic acids is 1. The van der Waals surface area contributed by atoms with Gasteiger partial charge in [-0.05, 0) is 36.5 Å². The molecule has 1 aliphatic heterocycles. The molecule has 3 rings (SSSR count). The molecule has 1 saturated heterocycles. The number of carboxylic acids is 1. The number of ether oxygens (including phenoxy) is 1. The largest absolute Gasteiger partial charge is 0.477 e. The van der Waals surface area contributed by atoms with E-state index in [1.54, 1.807) is 10.6 Å². The number of fused-ring (bicyclic) bond motifs is 1. The summed E-state index contributed by atoms with van der Waals surface area (Å²) in [7, 11) is 0. The van der Waals surface area contributed by atoms with Gasteiger partial charge in [-0.2, -0.15) is 5.26 Å². The van der Waals surface area contributed by atoms with Crippen molar-refractivity contribution in [1.82, 2.24) is 4.57 Å². The zero-order valence-corrected chi connectivity index (χ0v) is 11.6. The summed E-state index contributed by atoms with van der Waals surface area (Å²) in [5.41, 5.74) is 2.17. The SMILES string of the molecule is N#CCn1c(C(=O)O)cc2ccc(C3CCOCC3)cc21. The summed E-state index contributed by atoms with van der Waals surface area (Å²) in [5, 5.41) is 19.1. The van der Waals surface area contributed by atoms with E-state index in [1.807, 2.05) is 18.2 Å². The molecule has 0 aliphatic carbocycles. The van der Waals surface area contributed by atoms with Crippen molar-refractivity contribution in [3.63, 3.8) is 0 Å². The Morgan fingerprint density at radius 1 is 1.38 bits per heavy atom. The number of benzene rings is 1. The highest BCUT2D eigenvalue weighted by Crippen LogP contribution is 2.30. The molecule has 0 radical (unpaired) electrons. The van der Waals surface area contributed by atoms with E-state index in [9.17, 15) is 9.90 Å². The van der Waals surface area contributed by atoms with Gasteiger partial charge in [0.05, 0.1) is 6.07 Å². The van der Waals surface area contributed by atoms with Crippen molar-refractivity contribution in [1.29, 1.82) is 5.26 Å². The molecule has 0 spiro atoms. The van der Waals surface area contributed by atoms with Crippen molar-refractivity contribution < 1.29 is 14.6 Å². The quantitative estimate of drug-likeness (QED) is 0.940. The van der Waals surface area contributed by atoms with Crippen molar-refractivity contribution >= 4 is 16.9 Å². The van der Waals surface area contributed by atoms with Gasteiger partial charge in [0.1, 0.15) is 12.2 Å². The molecule has 1 aliphatic rings. The van der Waals surface area contributed by atoms with E-state index in [-0.39, 0.29) is 12.2 Å². The Morgan fingerprint density at radius 3 is 2.81 bits per heavy atom. The molecule has 0 saturated carbocycles. The smallest absolute Gasteiger partial charge is 0.352 e. The molecule has 1 fully saturated rings. The summed E-state index contributed by atoms with van der Waals surface area (Å²) in [5.74, 6) is -0.559. The molecule has 1 N–H and O–H groups in total. The minimum atomic E-state index is -1.01. The molecule has 1 aromatic carbocycles. The van der Waals surface area contributed by atoms with Crippen LogP contribution in [-0.2, 0) is 11.3 Å². The molecule has 108 valence electrons. The highest BCUT2D eigenvalue weighted by molar-refractivity contribution is 5.95. The molecule has 2 aromatic rings. The van der Waals surface area contributed by atoms with Crippen LogP contribution in [0.3, 0.4) is 0 Å². The molecule has 1 aromatic heterocycles. The fourth-order valence-corrected chi connectivity index (χ4v) is 2.97. The third-order valence-electron chi connectivity index (χ3n) is 4.07. The van der Waals surface area contributed by atoms with Crippen LogP contribution in [0.25, 0.3) is 10.9 Å². The first kappa shape index (κ1) is 13.7. The Balaban J connectivity index is 2.08. The van der Waals surface area contributed by atoms with Crippen LogP contribution in [0.5, 0.6) is 0 Å².